The fraction of sp³-hybridized carbons (Fsp3) is 0.522. The van der Waals surface area contributed by atoms with Crippen molar-refractivity contribution in [3.8, 4) is 22.6 Å². The summed E-state index contributed by atoms with van der Waals surface area (Å²) in [5.41, 5.74) is 2.95. The molecule has 0 aromatic heterocycles. The molecule has 0 heterocycles. The number of esters is 4. The molecule has 310 valence electrons. The molecule has 0 radical (unpaired) electrons. The third-order valence-corrected chi connectivity index (χ3v) is 10.1. The van der Waals surface area contributed by atoms with Crippen LogP contribution < -0.4 is 9.47 Å². The van der Waals surface area contributed by atoms with Gasteiger partial charge in [0, 0.05) is 11.1 Å². The first-order chi connectivity index (χ1) is 27.1. The Kier molecular flexibility index (Phi) is 18.4. The van der Waals surface area contributed by atoms with Gasteiger partial charge in [0.2, 0.25) is 0 Å². The zero-order valence-corrected chi connectivity index (χ0v) is 34.6. The van der Waals surface area contributed by atoms with Gasteiger partial charge in [0.1, 0.15) is 56.3 Å². The average Bonchev–Trinajstić information content (AvgIpc) is 3.17. The zero-order valence-electron chi connectivity index (χ0n) is 34.6. The molecule has 1 fully saturated rings. The molecule has 0 amide bonds. The highest BCUT2D eigenvalue weighted by molar-refractivity contribution is 5.94. The van der Waals surface area contributed by atoms with Crippen LogP contribution in [-0.2, 0) is 49.4 Å². The van der Waals surface area contributed by atoms with E-state index in [0.717, 1.165) is 29.0 Å². The van der Waals surface area contributed by atoms with Crippen LogP contribution in [0.3, 0.4) is 0 Å². The average molecular weight is 789 g/mol. The van der Waals surface area contributed by atoms with Crippen LogP contribution in [0.2, 0.25) is 0 Å². The Morgan fingerprint density at radius 1 is 0.684 bits per heavy atom. The summed E-state index contributed by atoms with van der Waals surface area (Å²) in [4.78, 5) is 73.7. The molecule has 0 spiro atoms. The van der Waals surface area contributed by atoms with Gasteiger partial charge in [-0.3, -0.25) is 19.2 Å². The standard InChI is InChI=1S/C46H60O11/c1-9-11-12-13-34-14-16-36(17-15-34)37-18-20-39(35(10-2)24-37)38-19-21-40(41(25-38)57-45(52)31(5)6)53-26-46(29-56-44(51)30(3)4,27-54-42(49)22-32(7)47)28-55-43(50)23-33(8)48/h18-21,24-25,34,36H,3,5,9-17,22-23,26-29H2,1-2,4,6-8H3. The van der Waals surface area contributed by atoms with E-state index in [4.69, 9.17) is 23.7 Å². The SMILES string of the molecule is C=C(C)C(=O)OCC(COC(=O)CC(C)=O)(COC(=O)CC(C)=O)COc1ccc(-c2ccc(C3CCC(CCCCC)CC3)cc2CC)cc1OC(=O)C(=C)C. The van der Waals surface area contributed by atoms with E-state index in [-0.39, 0.29) is 22.6 Å². The predicted molar refractivity (Wildman–Crippen MR) is 217 cm³/mol. The number of ether oxygens (including phenoxy) is 5. The third kappa shape index (κ3) is 15.1. The molecule has 0 unspecified atom stereocenters. The Balaban J connectivity index is 1.98. The minimum Gasteiger partial charge on any atom is -0.489 e. The smallest absolute Gasteiger partial charge is 0.338 e. The number of aryl methyl sites for hydroxylation is 1. The molecule has 2 aromatic carbocycles. The summed E-state index contributed by atoms with van der Waals surface area (Å²) >= 11 is 0. The fourth-order valence-corrected chi connectivity index (χ4v) is 6.77. The topological polar surface area (TPSA) is 149 Å². The van der Waals surface area contributed by atoms with Gasteiger partial charge in [-0.2, -0.15) is 0 Å². The van der Waals surface area contributed by atoms with Crippen molar-refractivity contribution in [3.63, 3.8) is 0 Å². The molecular formula is C46H60O11. The number of unbranched alkanes of at least 4 members (excludes halogenated alkanes) is 2. The van der Waals surface area contributed by atoms with Crippen LogP contribution in [-0.4, -0.2) is 61.9 Å². The molecule has 11 heteroatoms. The molecule has 1 saturated carbocycles. The Hall–Kier alpha value is -5.06. The summed E-state index contributed by atoms with van der Waals surface area (Å²) in [6, 6.07) is 11.8. The maximum Gasteiger partial charge on any atom is 0.338 e. The molecule has 3 rings (SSSR count). The Bertz CT molecular complexity index is 1750. The molecular weight excluding hydrogens is 728 g/mol. The lowest BCUT2D eigenvalue weighted by Gasteiger charge is -2.32. The number of benzene rings is 2. The minimum absolute atomic E-state index is 0.0722. The molecule has 2 aromatic rings. The van der Waals surface area contributed by atoms with Crippen LogP contribution in [0.4, 0.5) is 0 Å². The fourth-order valence-electron chi connectivity index (χ4n) is 6.77. The normalized spacial score (nSPS) is 15.2. The van der Waals surface area contributed by atoms with Gasteiger partial charge in [-0.15, -0.1) is 0 Å². The van der Waals surface area contributed by atoms with Crippen LogP contribution in [0.1, 0.15) is 123 Å². The maximum atomic E-state index is 12.9. The molecule has 0 saturated heterocycles. The van der Waals surface area contributed by atoms with E-state index < -0.39 is 80.1 Å². The monoisotopic (exact) mass is 788 g/mol. The Morgan fingerprint density at radius 3 is 1.82 bits per heavy atom. The number of ketones is 2. The van der Waals surface area contributed by atoms with Crippen molar-refractivity contribution in [2.24, 2.45) is 11.3 Å². The zero-order chi connectivity index (χ0) is 42.1. The van der Waals surface area contributed by atoms with Crippen molar-refractivity contribution in [2.75, 3.05) is 26.4 Å². The first-order valence-electron chi connectivity index (χ1n) is 20.0. The molecule has 1 aliphatic rings. The van der Waals surface area contributed by atoms with E-state index in [1.54, 1.807) is 12.1 Å². The second-order valence-corrected chi connectivity index (χ2v) is 15.5. The largest absolute Gasteiger partial charge is 0.489 e. The van der Waals surface area contributed by atoms with Crippen LogP contribution in [0.15, 0.2) is 60.7 Å². The van der Waals surface area contributed by atoms with Gasteiger partial charge in [0.25, 0.3) is 0 Å². The number of hydrogen-bond acceptors (Lipinski definition) is 11. The summed E-state index contributed by atoms with van der Waals surface area (Å²) in [6.07, 6.45) is 9.83. The van der Waals surface area contributed by atoms with Gasteiger partial charge in [-0.1, -0.05) is 77.0 Å². The number of carbonyl (C=O) groups excluding carboxylic acids is 6. The Morgan fingerprint density at radius 2 is 1.28 bits per heavy atom. The van der Waals surface area contributed by atoms with Gasteiger partial charge in [-0.05, 0) is 106 Å². The van der Waals surface area contributed by atoms with Gasteiger partial charge in [0.05, 0.1) is 0 Å². The lowest BCUT2D eigenvalue weighted by atomic mass is 9.76. The molecule has 0 bridgehead atoms. The first kappa shape index (κ1) is 46.3. The third-order valence-electron chi connectivity index (χ3n) is 10.1. The lowest BCUT2D eigenvalue weighted by Crippen LogP contribution is -2.44. The van der Waals surface area contributed by atoms with Crippen LogP contribution in [0, 0.1) is 11.3 Å². The predicted octanol–water partition coefficient (Wildman–Crippen LogP) is 8.78. The molecule has 57 heavy (non-hydrogen) atoms. The number of carbonyl (C=O) groups is 6. The summed E-state index contributed by atoms with van der Waals surface area (Å²) < 4.78 is 28.3. The van der Waals surface area contributed by atoms with E-state index in [2.05, 4.69) is 45.2 Å². The second-order valence-electron chi connectivity index (χ2n) is 15.5. The van der Waals surface area contributed by atoms with Crippen molar-refractivity contribution < 1.29 is 52.5 Å². The summed E-state index contributed by atoms with van der Waals surface area (Å²) in [5, 5.41) is 0. The summed E-state index contributed by atoms with van der Waals surface area (Å²) in [5.74, 6) is -2.52. The highest BCUT2D eigenvalue weighted by Crippen LogP contribution is 2.41. The van der Waals surface area contributed by atoms with Gasteiger partial charge in [-0.25, -0.2) is 9.59 Å². The van der Waals surface area contributed by atoms with E-state index in [9.17, 15) is 28.8 Å². The molecule has 11 nitrogen and oxygen atoms in total. The van der Waals surface area contributed by atoms with E-state index >= 15 is 0 Å². The molecule has 0 atom stereocenters. The molecule has 0 N–H and O–H groups in total. The van der Waals surface area contributed by atoms with E-state index in [1.807, 2.05) is 6.07 Å². The summed E-state index contributed by atoms with van der Waals surface area (Å²) in [7, 11) is 0. The van der Waals surface area contributed by atoms with Crippen molar-refractivity contribution in [1.82, 2.24) is 0 Å². The van der Waals surface area contributed by atoms with Gasteiger partial charge in [0.15, 0.2) is 11.5 Å². The highest BCUT2D eigenvalue weighted by Gasteiger charge is 2.38. The van der Waals surface area contributed by atoms with Crippen molar-refractivity contribution in [2.45, 2.75) is 118 Å². The van der Waals surface area contributed by atoms with Crippen LogP contribution in [0.25, 0.3) is 11.1 Å². The number of Topliss-reactive ketones (excluding diaryl/α,β-unsaturated/α-hetero) is 2. The second kappa shape index (κ2) is 22.6. The molecule has 1 aliphatic carbocycles. The molecule has 0 aliphatic heterocycles. The van der Waals surface area contributed by atoms with E-state index in [0.29, 0.717) is 5.92 Å². The summed E-state index contributed by atoms with van der Waals surface area (Å²) in [6.45, 7) is 15.2. The van der Waals surface area contributed by atoms with Crippen molar-refractivity contribution in [3.05, 3.63) is 71.8 Å². The highest BCUT2D eigenvalue weighted by atomic mass is 16.6. The first-order valence-corrected chi connectivity index (χ1v) is 20.0. The number of hydrogen-bond donors (Lipinski definition) is 0. The van der Waals surface area contributed by atoms with Gasteiger partial charge >= 0.3 is 23.9 Å². The lowest BCUT2D eigenvalue weighted by molar-refractivity contribution is -0.163. The Labute approximate surface area is 337 Å². The van der Waals surface area contributed by atoms with Gasteiger partial charge < -0.3 is 23.7 Å². The van der Waals surface area contributed by atoms with E-state index in [1.165, 1.54) is 84.6 Å². The van der Waals surface area contributed by atoms with Crippen molar-refractivity contribution >= 4 is 35.4 Å². The van der Waals surface area contributed by atoms with Crippen molar-refractivity contribution in [1.29, 1.82) is 0 Å². The quantitative estimate of drug-likeness (QED) is 0.0266. The maximum absolute atomic E-state index is 12.9. The van der Waals surface area contributed by atoms with Crippen LogP contribution >= 0.6 is 0 Å². The van der Waals surface area contributed by atoms with Crippen LogP contribution in [0.5, 0.6) is 11.5 Å². The number of rotatable bonds is 23. The minimum atomic E-state index is -1.54.